The number of nitrogens with zero attached hydrogens (tertiary/aromatic N) is 3. The summed E-state index contributed by atoms with van der Waals surface area (Å²) in [5, 5.41) is 7.54. The first kappa shape index (κ1) is 21.4. The monoisotopic (exact) mass is 405 g/mol. The van der Waals surface area contributed by atoms with Crippen LogP contribution in [-0.4, -0.2) is 86.9 Å². The molecule has 0 aromatic carbocycles. The minimum absolute atomic E-state index is 0.284. The van der Waals surface area contributed by atoms with E-state index in [0.29, 0.717) is 17.6 Å². The van der Waals surface area contributed by atoms with Crippen LogP contribution in [0.2, 0.25) is 0 Å². The Labute approximate surface area is 177 Å². The van der Waals surface area contributed by atoms with Gasteiger partial charge in [-0.15, -0.1) is 0 Å². The molecule has 0 bridgehead atoms. The summed E-state index contributed by atoms with van der Waals surface area (Å²) in [6.07, 6.45) is 12.1. The molecule has 0 amide bonds. The molecule has 0 radical (unpaired) electrons. The highest BCUT2D eigenvalue weighted by Crippen LogP contribution is 2.57. The Morgan fingerprint density at radius 3 is 2.34 bits per heavy atom. The number of guanidine groups is 1. The molecule has 2 atom stereocenters. The van der Waals surface area contributed by atoms with Crippen LogP contribution in [0, 0.1) is 5.41 Å². The number of ether oxygens (including phenoxy) is 1. The van der Waals surface area contributed by atoms with Crippen LogP contribution < -0.4 is 10.6 Å². The summed E-state index contributed by atoms with van der Waals surface area (Å²) in [5.41, 5.74) is 0.651. The van der Waals surface area contributed by atoms with E-state index in [2.05, 4.69) is 39.4 Å². The lowest BCUT2D eigenvalue weighted by molar-refractivity contribution is -0.168. The van der Waals surface area contributed by atoms with Crippen LogP contribution in [0.5, 0.6) is 0 Å². The van der Waals surface area contributed by atoms with Gasteiger partial charge in [-0.3, -0.25) is 9.89 Å². The van der Waals surface area contributed by atoms with Crippen LogP contribution in [0.25, 0.3) is 0 Å². The van der Waals surface area contributed by atoms with Gasteiger partial charge in [0.25, 0.3) is 0 Å². The van der Waals surface area contributed by atoms with Gasteiger partial charge in [0.15, 0.2) is 5.96 Å². The van der Waals surface area contributed by atoms with Crippen molar-refractivity contribution in [3.63, 3.8) is 0 Å². The van der Waals surface area contributed by atoms with Gasteiger partial charge >= 0.3 is 0 Å². The molecule has 4 rings (SSSR count). The normalized spacial score (nSPS) is 32.4. The van der Waals surface area contributed by atoms with Crippen LogP contribution in [0.15, 0.2) is 4.99 Å². The van der Waals surface area contributed by atoms with Crippen molar-refractivity contribution in [1.29, 1.82) is 0 Å². The summed E-state index contributed by atoms with van der Waals surface area (Å²) in [6.45, 7) is 8.89. The second kappa shape index (κ2) is 9.11. The SMILES string of the molecule is CCOC1CC(NC(=NC)NCC2(N3CCCCC3)CCN(C)CC2)C12CCC2. The molecule has 0 aromatic heterocycles. The van der Waals surface area contributed by atoms with Gasteiger partial charge in [-0.2, -0.15) is 0 Å². The van der Waals surface area contributed by atoms with Gasteiger partial charge in [0.05, 0.1) is 6.10 Å². The van der Waals surface area contributed by atoms with Gasteiger partial charge in [0.2, 0.25) is 0 Å². The Bertz CT molecular complexity index is 562. The molecule has 2 saturated heterocycles. The minimum atomic E-state index is 0.284. The second-order valence-electron chi connectivity index (χ2n) is 9.96. The smallest absolute Gasteiger partial charge is 0.191 e. The first-order chi connectivity index (χ1) is 14.1. The average molecular weight is 406 g/mol. The summed E-state index contributed by atoms with van der Waals surface area (Å²) in [5.74, 6) is 0.992. The van der Waals surface area contributed by atoms with E-state index >= 15 is 0 Å². The molecule has 2 unspecified atom stereocenters. The Balaban J connectivity index is 1.36. The fraction of sp³-hybridized carbons (Fsp3) is 0.957. The number of nitrogens with one attached hydrogen (secondary N) is 2. The quantitative estimate of drug-likeness (QED) is 0.525. The number of hydrogen-bond donors (Lipinski definition) is 2. The standard InChI is InChI=1S/C23H43N5O/c1-4-29-20-17-19(23(20)9-8-10-23)26-21(24-2)25-18-22(11-15-27(3)16-12-22)28-13-6-5-7-14-28/h19-20H,4-18H2,1-3H3,(H2,24,25,26). The van der Waals surface area contributed by atoms with E-state index in [1.165, 1.54) is 77.5 Å². The zero-order valence-corrected chi connectivity index (χ0v) is 19.0. The zero-order chi connectivity index (χ0) is 20.3. The summed E-state index contributed by atoms with van der Waals surface area (Å²) in [4.78, 5) is 9.89. The van der Waals surface area contributed by atoms with Crippen molar-refractivity contribution in [2.45, 2.75) is 82.4 Å². The van der Waals surface area contributed by atoms with Crippen molar-refractivity contribution in [3.8, 4) is 0 Å². The van der Waals surface area contributed by atoms with Crippen LogP contribution in [0.3, 0.4) is 0 Å². The Kier molecular flexibility index (Phi) is 6.72. The largest absolute Gasteiger partial charge is 0.378 e. The summed E-state index contributed by atoms with van der Waals surface area (Å²) < 4.78 is 6.03. The third kappa shape index (κ3) is 4.17. The van der Waals surface area contributed by atoms with E-state index in [1.54, 1.807) is 0 Å². The predicted octanol–water partition coefficient (Wildman–Crippen LogP) is 2.45. The average Bonchev–Trinajstić information content (AvgIpc) is 2.70. The molecule has 2 aliphatic carbocycles. The molecule has 2 heterocycles. The van der Waals surface area contributed by atoms with Crippen molar-refractivity contribution in [2.24, 2.45) is 10.4 Å². The molecule has 6 heteroatoms. The molecule has 2 aliphatic heterocycles. The number of piperidine rings is 2. The van der Waals surface area contributed by atoms with Crippen LogP contribution >= 0.6 is 0 Å². The maximum absolute atomic E-state index is 6.03. The summed E-state index contributed by atoms with van der Waals surface area (Å²) in [7, 11) is 4.18. The van der Waals surface area contributed by atoms with Crippen molar-refractivity contribution < 1.29 is 4.74 Å². The molecular formula is C23H43N5O. The highest BCUT2D eigenvalue weighted by molar-refractivity contribution is 5.80. The Morgan fingerprint density at radius 2 is 1.76 bits per heavy atom. The number of rotatable bonds is 6. The van der Waals surface area contributed by atoms with Crippen LogP contribution in [0.4, 0.5) is 0 Å². The molecule has 1 spiro atoms. The van der Waals surface area contributed by atoms with E-state index in [-0.39, 0.29) is 5.54 Å². The first-order valence-electron chi connectivity index (χ1n) is 12.1. The highest BCUT2D eigenvalue weighted by atomic mass is 16.5. The third-order valence-electron chi connectivity index (χ3n) is 8.50. The van der Waals surface area contributed by atoms with Crippen molar-refractivity contribution >= 4 is 5.96 Å². The molecule has 29 heavy (non-hydrogen) atoms. The molecule has 2 N–H and O–H groups in total. The van der Waals surface area contributed by atoms with Gasteiger partial charge < -0.3 is 20.3 Å². The molecular weight excluding hydrogens is 362 g/mol. The lowest BCUT2D eigenvalue weighted by Crippen LogP contribution is -2.69. The van der Waals surface area contributed by atoms with E-state index in [4.69, 9.17) is 4.74 Å². The second-order valence-corrected chi connectivity index (χ2v) is 9.96. The van der Waals surface area contributed by atoms with Gasteiger partial charge in [0.1, 0.15) is 0 Å². The summed E-state index contributed by atoms with van der Waals surface area (Å²) in [6, 6.07) is 0.516. The first-order valence-corrected chi connectivity index (χ1v) is 12.1. The van der Waals surface area contributed by atoms with E-state index < -0.39 is 0 Å². The van der Waals surface area contributed by atoms with Gasteiger partial charge in [-0.1, -0.05) is 12.8 Å². The van der Waals surface area contributed by atoms with E-state index in [1.807, 2.05) is 7.05 Å². The lowest BCUT2D eigenvalue weighted by Gasteiger charge is -2.61. The predicted molar refractivity (Wildman–Crippen MR) is 119 cm³/mol. The minimum Gasteiger partial charge on any atom is -0.378 e. The molecule has 4 aliphatic rings. The van der Waals surface area contributed by atoms with Crippen molar-refractivity contribution in [2.75, 3.05) is 53.4 Å². The Morgan fingerprint density at radius 1 is 1.03 bits per heavy atom. The maximum Gasteiger partial charge on any atom is 0.191 e. The summed E-state index contributed by atoms with van der Waals surface area (Å²) >= 11 is 0. The molecule has 4 fully saturated rings. The Hall–Kier alpha value is -0.850. The zero-order valence-electron chi connectivity index (χ0n) is 19.0. The number of aliphatic imine (C=N–C) groups is 1. The van der Waals surface area contributed by atoms with Crippen molar-refractivity contribution in [1.82, 2.24) is 20.4 Å². The molecule has 166 valence electrons. The van der Waals surface area contributed by atoms with Gasteiger partial charge in [-0.05, 0) is 85.1 Å². The number of likely N-dealkylation sites (tertiary alicyclic amines) is 2. The maximum atomic E-state index is 6.03. The number of hydrogen-bond acceptors (Lipinski definition) is 4. The van der Waals surface area contributed by atoms with Gasteiger partial charge in [-0.25, -0.2) is 0 Å². The third-order valence-corrected chi connectivity index (χ3v) is 8.50. The topological polar surface area (TPSA) is 52.1 Å². The van der Waals surface area contributed by atoms with Crippen molar-refractivity contribution in [3.05, 3.63) is 0 Å². The fourth-order valence-electron chi connectivity index (χ4n) is 6.26. The highest BCUT2D eigenvalue weighted by Gasteiger charge is 2.59. The molecule has 2 saturated carbocycles. The van der Waals surface area contributed by atoms with Crippen LogP contribution in [-0.2, 0) is 4.74 Å². The van der Waals surface area contributed by atoms with E-state index in [9.17, 15) is 0 Å². The molecule has 0 aromatic rings. The fourth-order valence-corrected chi connectivity index (χ4v) is 6.26. The lowest BCUT2D eigenvalue weighted by atomic mass is 9.51. The van der Waals surface area contributed by atoms with E-state index in [0.717, 1.165) is 25.5 Å². The van der Waals surface area contributed by atoms with Crippen LogP contribution in [0.1, 0.15) is 64.7 Å². The van der Waals surface area contributed by atoms with Gasteiger partial charge in [0, 0.05) is 37.2 Å². The molecule has 6 nitrogen and oxygen atoms in total.